The van der Waals surface area contributed by atoms with E-state index in [-0.39, 0.29) is 5.70 Å². The molecule has 2 aromatic rings. The van der Waals surface area contributed by atoms with Crippen molar-refractivity contribution in [3.8, 4) is 0 Å². The minimum Gasteiger partial charge on any atom is -0.474 e. The van der Waals surface area contributed by atoms with Crippen LogP contribution in [-0.4, -0.2) is 23.0 Å². The first-order chi connectivity index (χ1) is 12.0. The monoisotopic (exact) mass is 332 g/mol. The van der Waals surface area contributed by atoms with E-state index in [0.29, 0.717) is 12.2 Å². The molecule has 2 N–H and O–H groups in total. The number of benzene rings is 1. The molecule has 1 aliphatic rings. The van der Waals surface area contributed by atoms with Gasteiger partial charge in [0.1, 0.15) is 12.1 Å². The van der Waals surface area contributed by atoms with Crippen molar-refractivity contribution in [2.75, 3.05) is 12.8 Å². The Bertz CT molecular complexity index is 950. The van der Waals surface area contributed by atoms with Gasteiger partial charge in [-0.25, -0.2) is 14.8 Å². The first kappa shape index (κ1) is 16.4. The highest BCUT2D eigenvalue weighted by molar-refractivity contribution is 5.95. The Labute approximate surface area is 145 Å². The van der Waals surface area contributed by atoms with Gasteiger partial charge in [-0.15, -0.1) is 0 Å². The lowest BCUT2D eigenvalue weighted by molar-refractivity contribution is -0.135. The number of aryl methyl sites for hydroxylation is 1. The van der Waals surface area contributed by atoms with E-state index >= 15 is 0 Å². The van der Waals surface area contributed by atoms with E-state index < -0.39 is 5.97 Å². The third-order valence-electron chi connectivity index (χ3n) is 4.05. The van der Waals surface area contributed by atoms with E-state index in [0.717, 1.165) is 33.5 Å². The van der Waals surface area contributed by atoms with Crippen LogP contribution in [-0.2, 0) is 16.0 Å². The van der Waals surface area contributed by atoms with Crippen LogP contribution in [0.5, 0.6) is 0 Å². The van der Waals surface area contributed by atoms with Gasteiger partial charge in [-0.3, -0.25) is 4.79 Å². The molecule has 6 nitrogen and oxygen atoms in total. The van der Waals surface area contributed by atoms with Crippen molar-refractivity contribution < 1.29 is 9.53 Å². The molecule has 25 heavy (non-hydrogen) atoms. The Kier molecular flexibility index (Phi) is 4.31. The van der Waals surface area contributed by atoms with E-state index in [4.69, 9.17) is 12.3 Å². The maximum absolute atomic E-state index is 11.8. The smallest absolute Gasteiger partial charge is 0.336 e. The van der Waals surface area contributed by atoms with Crippen LogP contribution in [0.25, 0.3) is 10.4 Å². The maximum Gasteiger partial charge on any atom is 0.336 e. The molecule has 0 saturated carbocycles. The number of rotatable bonds is 3. The zero-order valence-corrected chi connectivity index (χ0v) is 13.9. The molecule has 0 spiro atoms. The zero-order chi connectivity index (χ0) is 18.0. The highest BCUT2D eigenvalue weighted by atomic mass is 16.5. The molecule has 6 heteroatoms. The summed E-state index contributed by atoms with van der Waals surface area (Å²) in [5.74, 6) is -0.285. The maximum atomic E-state index is 11.8. The number of nitrogen functional groups attached to an aromatic ring is 1. The summed E-state index contributed by atoms with van der Waals surface area (Å²) in [5.41, 5.74) is 11.2. The van der Waals surface area contributed by atoms with Gasteiger partial charge in [0.2, 0.25) is 0 Å². The molecule has 0 amide bonds. The van der Waals surface area contributed by atoms with Crippen LogP contribution in [0.2, 0.25) is 0 Å². The van der Waals surface area contributed by atoms with Gasteiger partial charge in [0.25, 0.3) is 5.70 Å². The minimum absolute atomic E-state index is 0.0820. The third kappa shape index (κ3) is 3.00. The van der Waals surface area contributed by atoms with Crippen LogP contribution in [0.3, 0.4) is 0 Å². The summed E-state index contributed by atoms with van der Waals surface area (Å²) < 4.78 is 4.67. The van der Waals surface area contributed by atoms with Crippen LogP contribution in [0.15, 0.2) is 47.9 Å². The topological polar surface area (TPSA) is 82.5 Å². The fourth-order valence-corrected chi connectivity index (χ4v) is 2.85. The van der Waals surface area contributed by atoms with E-state index in [1.54, 1.807) is 6.08 Å². The molecule has 1 aromatic heterocycles. The van der Waals surface area contributed by atoms with Crippen molar-refractivity contribution in [1.29, 1.82) is 0 Å². The molecule has 1 aromatic carbocycles. The van der Waals surface area contributed by atoms with Crippen molar-refractivity contribution in [3.63, 3.8) is 0 Å². The fourth-order valence-electron chi connectivity index (χ4n) is 2.85. The standard InChI is InChI=1S/C19H16N4O2/c1-11-4-6-12(7-5-11)16-13(9-15(21-2)19(24)25-3)8-14-17(16)18(20)23-10-22-14/h4-7,9-10H,8H2,1,3H3,(H2,20,22,23)/b15-9-. The summed E-state index contributed by atoms with van der Waals surface area (Å²) in [7, 11) is 1.25. The quantitative estimate of drug-likeness (QED) is 0.531. The molecule has 3 rings (SSSR count). The van der Waals surface area contributed by atoms with Gasteiger partial charge in [0, 0.05) is 12.0 Å². The molecule has 0 unspecified atom stereocenters. The summed E-state index contributed by atoms with van der Waals surface area (Å²) in [6.07, 6.45) is 3.44. The minimum atomic E-state index is -0.666. The molecule has 1 aliphatic carbocycles. The lowest BCUT2D eigenvalue weighted by Crippen LogP contribution is -2.02. The van der Waals surface area contributed by atoms with Crippen molar-refractivity contribution in [3.05, 3.63) is 81.7 Å². The number of nitrogens with two attached hydrogens (primary N) is 1. The van der Waals surface area contributed by atoms with E-state index in [1.807, 2.05) is 31.2 Å². The third-order valence-corrected chi connectivity index (χ3v) is 4.05. The molecule has 0 aliphatic heterocycles. The number of nitrogens with zero attached hydrogens (tertiary/aromatic N) is 3. The number of esters is 1. The number of aromatic nitrogens is 2. The van der Waals surface area contributed by atoms with E-state index in [9.17, 15) is 4.79 Å². The van der Waals surface area contributed by atoms with Crippen molar-refractivity contribution >= 4 is 17.4 Å². The average Bonchev–Trinajstić information content (AvgIpc) is 2.99. The second-order valence-electron chi connectivity index (χ2n) is 5.66. The van der Waals surface area contributed by atoms with Crippen LogP contribution in [0.1, 0.15) is 22.4 Å². The summed E-state index contributed by atoms with van der Waals surface area (Å²) in [6, 6.07) is 7.96. The Balaban J connectivity index is 2.23. The van der Waals surface area contributed by atoms with Gasteiger partial charge in [0.15, 0.2) is 0 Å². The Morgan fingerprint density at radius 3 is 2.68 bits per heavy atom. The van der Waals surface area contributed by atoms with Crippen LogP contribution >= 0.6 is 0 Å². The lowest BCUT2D eigenvalue weighted by Gasteiger charge is -2.09. The van der Waals surface area contributed by atoms with Crippen molar-refractivity contribution in [2.45, 2.75) is 13.3 Å². The van der Waals surface area contributed by atoms with Gasteiger partial charge in [-0.05, 0) is 29.7 Å². The summed E-state index contributed by atoms with van der Waals surface area (Å²) >= 11 is 0. The number of carbonyl (C=O) groups excluding carboxylic acids is 1. The summed E-state index contributed by atoms with van der Waals surface area (Å²) in [6.45, 7) is 9.25. The van der Waals surface area contributed by atoms with E-state index in [2.05, 4.69) is 19.5 Å². The van der Waals surface area contributed by atoms with E-state index in [1.165, 1.54) is 13.4 Å². The second kappa shape index (κ2) is 6.57. The SMILES string of the molecule is [C-]#[N+]/C(=C\C1=C(c2ccc(C)cc2)c2c(N)ncnc2C1)C(=O)OC. The van der Waals surface area contributed by atoms with Crippen LogP contribution in [0.4, 0.5) is 5.82 Å². The molecular formula is C19H16N4O2. The number of hydrogen-bond donors (Lipinski definition) is 1. The van der Waals surface area contributed by atoms with Gasteiger partial charge in [0.05, 0.1) is 19.4 Å². The molecule has 0 bridgehead atoms. The molecule has 0 saturated heterocycles. The number of carbonyl (C=O) groups is 1. The predicted molar refractivity (Wildman–Crippen MR) is 94.1 cm³/mol. The van der Waals surface area contributed by atoms with Crippen LogP contribution < -0.4 is 5.73 Å². The first-order valence-corrected chi connectivity index (χ1v) is 7.62. The number of hydrogen-bond acceptors (Lipinski definition) is 5. The van der Waals surface area contributed by atoms with Gasteiger partial charge in [-0.2, -0.15) is 0 Å². The fraction of sp³-hybridized carbons (Fsp3) is 0.158. The highest BCUT2D eigenvalue weighted by Crippen LogP contribution is 2.40. The molecule has 0 atom stereocenters. The molecule has 124 valence electrons. The lowest BCUT2D eigenvalue weighted by atomic mass is 9.97. The largest absolute Gasteiger partial charge is 0.474 e. The predicted octanol–water partition coefficient (Wildman–Crippen LogP) is 2.70. The van der Waals surface area contributed by atoms with Gasteiger partial charge < -0.3 is 10.5 Å². The number of anilines is 1. The van der Waals surface area contributed by atoms with Gasteiger partial charge >= 0.3 is 5.97 Å². The molecule has 0 radical (unpaired) electrons. The van der Waals surface area contributed by atoms with Crippen LogP contribution in [0, 0.1) is 13.5 Å². The summed E-state index contributed by atoms with van der Waals surface area (Å²) in [4.78, 5) is 23.5. The Morgan fingerprint density at radius 1 is 1.32 bits per heavy atom. The number of allylic oxidation sites excluding steroid dienone is 2. The average molecular weight is 332 g/mol. The number of methoxy groups -OCH3 is 1. The molecular weight excluding hydrogens is 316 g/mol. The number of fused-ring (bicyclic) bond motifs is 1. The van der Waals surface area contributed by atoms with Gasteiger partial charge in [-0.1, -0.05) is 29.8 Å². The molecule has 0 fully saturated rings. The number of ether oxygens (including phenoxy) is 1. The Morgan fingerprint density at radius 2 is 2.04 bits per heavy atom. The first-order valence-electron chi connectivity index (χ1n) is 7.62. The highest BCUT2D eigenvalue weighted by Gasteiger charge is 2.26. The Hall–Kier alpha value is -3.46. The molecule has 1 heterocycles. The van der Waals surface area contributed by atoms with Crippen molar-refractivity contribution in [2.24, 2.45) is 0 Å². The zero-order valence-electron chi connectivity index (χ0n) is 13.9. The summed E-state index contributed by atoms with van der Waals surface area (Å²) in [5, 5.41) is 0. The normalized spacial score (nSPS) is 13.4. The van der Waals surface area contributed by atoms with Crippen molar-refractivity contribution in [1.82, 2.24) is 9.97 Å². The second-order valence-corrected chi connectivity index (χ2v) is 5.66.